The van der Waals surface area contributed by atoms with Crippen molar-refractivity contribution in [2.75, 3.05) is 62.9 Å². The van der Waals surface area contributed by atoms with Crippen LogP contribution in [0.1, 0.15) is 12.5 Å². The third kappa shape index (κ3) is 4.19. The zero-order chi connectivity index (χ0) is 23.7. The summed E-state index contributed by atoms with van der Waals surface area (Å²) in [6, 6.07) is 10.6. The fourth-order valence-electron chi connectivity index (χ4n) is 4.82. The van der Waals surface area contributed by atoms with Crippen molar-refractivity contribution < 1.29 is 14.4 Å². The number of ether oxygens (including phenoxy) is 2. The topological polar surface area (TPSA) is 118 Å². The Balaban J connectivity index is 1.39. The number of benzene rings is 1. The van der Waals surface area contributed by atoms with E-state index in [1.54, 1.807) is 13.3 Å². The van der Waals surface area contributed by atoms with Crippen LogP contribution in [0.3, 0.4) is 0 Å². The van der Waals surface area contributed by atoms with Gasteiger partial charge in [-0.2, -0.15) is 0 Å². The van der Waals surface area contributed by atoms with E-state index in [2.05, 4.69) is 31.6 Å². The van der Waals surface area contributed by atoms with E-state index in [0.717, 1.165) is 67.2 Å². The van der Waals surface area contributed by atoms with Crippen LogP contribution in [-0.2, 0) is 4.74 Å². The molecule has 0 atom stereocenters. The molecule has 34 heavy (non-hydrogen) atoms. The molecule has 9 nitrogen and oxygen atoms in total. The van der Waals surface area contributed by atoms with E-state index in [1.165, 1.54) is 0 Å². The molecule has 2 aliphatic heterocycles. The minimum absolute atomic E-state index is 0.514. The molecule has 5 rings (SSSR count). The number of fused-ring (bicyclic) bond motifs is 1. The quantitative estimate of drug-likeness (QED) is 0.380. The predicted octanol–water partition coefficient (Wildman–Crippen LogP) is 2.62. The van der Waals surface area contributed by atoms with Crippen molar-refractivity contribution in [1.82, 2.24) is 14.9 Å². The second-order valence-corrected chi connectivity index (χ2v) is 12.6. The molecule has 0 saturated carbocycles. The van der Waals surface area contributed by atoms with Crippen molar-refractivity contribution in [3.05, 3.63) is 36.0 Å². The number of nitrogens with zero attached hydrogens (tertiary/aromatic N) is 3. The first-order valence-corrected chi connectivity index (χ1v) is 14.1. The third-order valence-corrected chi connectivity index (χ3v) is 10.4. The molecule has 0 aliphatic carbocycles. The van der Waals surface area contributed by atoms with Crippen LogP contribution >= 0.6 is 7.49 Å². The van der Waals surface area contributed by atoms with Crippen LogP contribution in [0, 0.1) is 11.3 Å². The van der Waals surface area contributed by atoms with E-state index in [1.807, 2.05) is 31.2 Å². The molecule has 2 aromatic heterocycles. The van der Waals surface area contributed by atoms with Crippen LogP contribution in [0.2, 0.25) is 0 Å². The number of aromatic nitrogens is 2. The number of methoxy groups -OCH3 is 1. The molecule has 0 radical (unpaired) electrons. The number of rotatable bonds is 7. The molecular formula is C24H31N6O3P. The zero-order valence-electron chi connectivity index (χ0n) is 19.5. The van der Waals surface area contributed by atoms with E-state index in [-0.39, 0.29) is 0 Å². The molecule has 0 unspecified atom stereocenters. The van der Waals surface area contributed by atoms with Gasteiger partial charge in [-0.25, -0.2) is 0 Å². The molecule has 1 aromatic carbocycles. The van der Waals surface area contributed by atoms with Gasteiger partial charge in [0.05, 0.1) is 0 Å². The van der Waals surface area contributed by atoms with Crippen LogP contribution in [-0.4, -0.2) is 78.1 Å². The summed E-state index contributed by atoms with van der Waals surface area (Å²) < 4.78 is 11.0. The average Bonchev–Trinajstić information content (AvgIpc) is 3.23. The predicted molar refractivity (Wildman–Crippen MR) is 137 cm³/mol. The summed E-state index contributed by atoms with van der Waals surface area (Å²) in [7, 11) is -0.922. The van der Waals surface area contributed by atoms with Crippen molar-refractivity contribution in [2.45, 2.75) is 13.0 Å². The van der Waals surface area contributed by atoms with Gasteiger partial charge in [0.25, 0.3) is 0 Å². The Morgan fingerprint density at radius 3 is 2.74 bits per heavy atom. The second kappa shape index (κ2) is 9.40. The van der Waals surface area contributed by atoms with E-state index >= 15 is 0 Å². The summed E-state index contributed by atoms with van der Waals surface area (Å²) in [5.41, 5.74) is 2.81. The Bertz CT molecular complexity index is 1230. The van der Waals surface area contributed by atoms with Crippen molar-refractivity contribution in [3.63, 3.8) is 0 Å². The number of H-pyrrole nitrogens is 1. The van der Waals surface area contributed by atoms with Crippen molar-refractivity contribution in [3.8, 4) is 11.8 Å². The fourth-order valence-corrected chi connectivity index (χ4v) is 7.76. The average molecular weight is 483 g/mol. The summed E-state index contributed by atoms with van der Waals surface area (Å²) in [5.74, 6) is 1.30. The van der Waals surface area contributed by atoms with E-state index in [4.69, 9.17) is 9.47 Å². The van der Waals surface area contributed by atoms with Gasteiger partial charge in [0.15, 0.2) is 0 Å². The molecule has 4 N–H and O–H groups in total. The van der Waals surface area contributed by atoms with Gasteiger partial charge in [0.1, 0.15) is 0 Å². The summed E-state index contributed by atoms with van der Waals surface area (Å²) in [6.45, 7) is 6.18. The first-order valence-electron chi connectivity index (χ1n) is 11.7. The van der Waals surface area contributed by atoms with E-state index in [0.29, 0.717) is 28.8 Å². The third-order valence-electron chi connectivity index (χ3n) is 6.89. The molecule has 2 aliphatic rings. The van der Waals surface area contributed by atoms with Gasteiger partial charge in [0, 0.05) is 0 Å². The number of anilines is 3. The van der Waals surface area contributed by atoms with Crippen LogP contribution in [0.5, 0.6) is 5.75 Å². The minimum atomic E-state index is -2.56. The van der Waals surface area contributed by atoms with Gasteiger partial charge in [-0.05, 0) is 0 Å². The van der Waals surface area contributed by atoms with Crippen LogP contribution < -0.4 is 20.7 Å². The van der Waals surface area contributed by atoms with E-state index in [9.17, 15) is 10.2 Å². The summed E-state index contributed by atoms with van der Waals surface area (Å²) in [5, 5.41) is 17.9. The summed E-state index contributed by atoms with van der Waals surface area (Å²) >= 11 is 0. The molecule has 3 aromatic rings. The van der Waals surface area contributed by atoms with Gasteiger partial charge in [0.2, 0.25) is 0 Å². The number of pyridine rings is 1. The molecule has 10 heteroatoms. The van der Waals surface area contributed by atoms with Crippen molar-refractivity contribution >= 4 is 41.0 Å². The maximum absolute atomic E-state index is 11.5. The van der Waals surface area contributed by atoms with Crippen molar-refractivity contribution in [1.29, 1.82) is 5.26 Å². The number of hydrogen-bond acceptors (Lipinski definition) is 8. The Kier molecular flexibility index (Phi) is 6.32. The Hall–Kier alpha value is -2.89. The fraction of sp³-hybridized carbons (Fsp3) is 0.417. The molecule has 2 fully saturated rings. The molecule has 4 heterocycles. The normalized spacial score (nSPS) is 19.2. The Morgan fingerprint density at radius 2 is 2.09 bits per heavy atom. The first-order chi connectivity index (χ1) is 16.5. The van der Waals surface area contributed by atoms with Crippen LogP contribution in [0.4, 0.5) is 17.2 Å². The monoisotopic (exact) mass is 482 g/mol. The number of nitriles is 1. The van der Waals surface area contributed by atoms with E-state index < -0.39 is 7.49 Å². The Labute approximate surface area is 199 Å². The van der Waals surface area contributed by atoms with Gasteiger partial charge >= 0.3 is 199 Å². The molecule has 2 saturated heterocycles. The Morgan fingerprint density at radius 1 is 1.29 bits per heavy atom. The van der Waals surface area contributed by atoms with Gasteiger partial charge in [-0.15, -0.1) is 0 Å². The molecule has 0 bridgehead atoms. The maximum atomic E-state index is 11.5. The van der Waals surface area contributed by atoms with Gasteiger partial charge in [-0.3, -0.25) is 0 Å². The molecule has 0 spiro atoms. The SMILES string of the molecule is CCNc1cc(Nc2ccc([PH]3(O)CCN(C4COC4)CC3)cc2OC)nc2[nH]cc(C#N)c12. The standard InChI is InChI=1S/C24H31N6O3P/c1-3-26-20-11-22(29-24-23(20)16(12-25)13-27-24)28-19-5-4-18(10-21(19)32-2)34(31)8-6-30(7-9-34)17-14-33-15-17/h4-5,10-11,13,17,31,34H,3,6-9,14-15H2,1-2H3,(H3,26,27,28,29). The summed E-state index contributed by atoms with van der Waals surface area (Å²) in [6.07, 6.45) is 3.31. The van der Waals surface area contributed by atoms with Gasteiger partial charge in [-0.1, -0.05) is 0 Å². The second-order valence-electron chi connectivity index (χ2n) is 8.92. The van der Waals surface area contributed by atoms with Crippen LogP contribution in [0.15, 0.2) is 30.5 Å². The zero-order valence-corrected chi connectivity index (χ0v) is 20.5. The molecule has 0 amide bonds. The number of hydrogen-bond donors (Lipinski definition) is 4. The number of aromatic amines is 1. The molecule has 180 valence electrons. The number of nitrogens with one attached hydrogen (secondary N) is 3. The van der Waals surface area contributed by atoms with Crippen LogP contribution in [0.25, 0.3) is 11.0 Å². The summed E-state index contributed by atoms with van der Waals surface area (Å²) in [4.78, 5) is 21.7. The van der Waals surface area contributed by atoms with Gasteiger partial charge < -0.3 is 0 Å². The first kappa shape index (κ1) is 22.9. The van der Waals surface area contributed by atoms with Crippen molar-refractivity contribution in [2.24, 2.45) is 0 Å². The molecular weight excluding hydrogens is 451 g/mol.